The Kier molecular flexibility index (Phi) is 6.31. The molecular weight excluding hydrogens is 418 g/mol. The Morgan fingerprint density at radius 3 is 2.47 bits per heavy atom. The maximum atomic E-state index is 13.1. The van der Waals surface area contributed by atoms with Gasteiger partial charge in [-0.15, -0.1) is 0 Å². The molecule has 11 heteroatoms. The Balaban J connectivity index is 2.08. The number of aromatic nitrogens is 2. The van der Waals surface area contributed by atoms with Crippen molar-refractivity contribution in [3.8, 4) is 11.4 Å². The highest BCUT2D eigenvalue weighted by Gasteiger charge is 2.21. The van der Waals surface area contributed by atoms with E-state index in [0.717, 1.165) is 11.8 Å². The molecule has 3 amide bonds. The highest BCUT2D eigenvalue weighted by atomic mass is 32.2. The summed E-state index contributed by atoms with van der Waals surface area (Å²) < 4.78 is 30.4. The fraction of sp³-hybridized carbons (Fsp3) is 0.158. The maximum absolute atomic E-state index is 13.1. The van der Waals surface area contributed by atoms with Gasteiger partial charge in [0.15, 0.2) is 5.16 Å². The van der Waals surface area contributed by atoms with Crippen LogP contribution in [0.4, 0.5) is 13.6 Å². The molecule has 0 aliphatic rings. The van der Waals surface area contributed by atoms with E-state index in [1.165, 1.54) is 35.8 Å². The molecular formula is C19H16F2N4O4S. The number of ether oxygens (including phenoxy) is 1. The summed E-state index contributed by atoms with van der Waals surface area (Å²) in [4.78, 5) is 40.6. The van der Waals surface area contributed by atoms with Crippen LogP contribution in [0.25, 0.3) is 16.6 Å². The number of fused-ring (bicyclic) bond motifs is 1. The first-order valence-corrected chi connectivity index (χ1v) is 9.48. The van der Waals surface area contributed by atoms with Crippen molar-refractivity contribution in [2.24, 2.45) is 5.73 Å². The number of para-hydroxylation sites is 1. The van der Waals surface area contributed by atoms with Crippen LogP contribution >= 0.6 is 11.8 Å². The van der Waals surface area contributed by atoms with Crippen molar-refractivity contribution < 1.29 is 23.1 Å². The molecule has 0 aliphatic heterocycles. The third-order valence-corrected chi connectivity index (χ3v) is 5.02. The number of hydrogen-bond donors (Lipinski definition) is 2. The molecule has 3 rings (SSSR count). The first kappa shape index (κ1) is 21.2. The van der Waals surface area contributed by atoms with Gasteiger partial charge in [0.2, 0.25) is 5.91 Å². The predicted octanol–water partition coefficient (Wildman–Crippen LogP) is 2.66. The minimum Gasteiger partial charge on any atom is -0.435 e. The molecule has 0 radical (unpaired) electrons. The largest absolute Gasteiger partial charge is 0.435 e. The third kappa shape index (κ3) is 4.74. The molecule has 0 saturated carbocycles. The number of primary amides is 1. The van der Waals surface area contributed by atoms with E-state index in [0.29, 0.717) is 16.6 Å². The number of carbonyl (C=O) groups excluding carboxylic acids is 2. The lowest BCUT2D eigenvalue weighted by molar-refractivity contribution is -0.119. The molecule has 0 saturated heterocycles. The van der Waals surface area contributed by atoms with Crippen molar-refractivity contribution in [3.05, 3.63) is 58.9 Å². The van der Waals surface area contributed by atoms with E-state index in [-0.39, 0.29) is 10.9 Å². The lowest BCUT2D eigenvalue weighted by Gasteiger charge is -2.16. The first-order chi connectivity index (χ1) is 14.3. The minimum atomic E-state index is -2.98. The smallest absolute Gasteiger partial charge is 0.387 e. The van der Waals surface area contributed by atoms with E-state index in [2.05, 4.69) is 9.72 Å². The zero-order valence-electron chi connectivity index (χ0n) is 15.5. The van der Waals surface area contributed by atoms with E-state index in [9.17, 15) is 23.2 Å². The van der Waals surface area contributed by atoms with Crippen LogP contribution in [0.5, 0.6) is 5.75 Å². The lowest BCUT2D eigenvalue weighted by Crippen LogP contribution is -2.39. The van der Waals surface area contributed by atoms with E-state index >= 15 is 0 Å². The highest BCUT2D eigenvalue weighted by Crippen LogP contribution is 2.26. The molecule has 1 atom stereocenters. The molecule has 0 aliphatic carbocycles. The number of carbonyl (C=O) groups is 2. The number of halogens is 2. The van der Waals surface area contributed by atoms with Gasteiger partial charge in [-0.2, -0.15) is 8.78 Å². The Labute approximate surface area is 173 Å². The Morgan fingerprint density at radius 1 is 1.17 bits per heavy atom. The molecule has 3 N–H and O–H groups in total. The Morgan fingerprint density at radius 2 is 1.83 bits per heavy atom. The summed E-state index contributed by atoms with van der Waals surface area (Å²) in [6.45, 7) is -1.45. The highest BCUT2D eigenvalue weighted by molar-refractivity contribution is 8.00. The topological polar surface area (TPSA) is 116 Å². The van der Waals surface area contributed by atoms with Crippen molar-refractivity contribution >= 4 is 34.6 Å². The van der Waals surface area contributed by atoms with Crippen molar-refractivity contribution in [2.75, 3.05) is 0 Å². The van der Waals surface area contributed by atoms with Gasteiger partial charge in [-0.25, -0.2) is 9.78 Å². The fourth-order valence-electron chi connectivity index (χ4n) is 2.63. The summed E-state index contributed by atoms with van der Waals surface area (Å²) >= 11 is 0.940. The average molecular weight is 434 g/mol. The molecule has 30 heavy (non-hydrogen) atoms. The van der Waals surface area contributed by atoms with Crippen LogP contribution in [0, 0.1) is 0 Å². The number of imide groups is 1. The summed E-state index contributed by atoms with van der Waals surface area (Å²) in [5.74, 6) is -0.721. The van der Waals surface area contributed by atoms with Gasteiger partial charge in [0.1, 0.15) is 5.75 Å². The van der Waals surface area contributed by atoms with Crippen molar-refractivity contribution in [2.45, 2.75) is 23.9 Å². The quantitative estimate of drug-likeness (QED) is 0.455. The average Bonchev–Trinajstić information content (AvgIpc) is 2.68. The number of nitrogens with one attached hydrogen (secondary N) is 1. The SMILES string of the molecule is C[C@@H](Sc1nc2ccccc2c(=O)n1-c1ccc(OC(F)F)cc1)C(=O)NC(N)=O. The Hall–Kier alpha value is -3.47. The summed E-state index contributed by atoms with van der Waals surface area (Å²) in [6.07, 6.45) is 0. The second-order valence-corrected chi connectivity index (χ2v) is 7.35. The van der Waals surface area contributed by atoms with Crippen LogP contribution in [-0.2, 0) is 4.79 Å². The number of nitrogens with zero attached hydrogens (tertiary/aromatic N) is 2. The normalized spacial score (nSPS) is 12.0. The van der Waals surface area contributed by atoms with Gasteiger partial charge in [0.25, 0.3) is 5.56 Å². The number of thioether (sulfide) groups is 1. The van der Waals surface area contributed by atoms with Crippen LogP contribution in [-0.4, -0.2) is 33.4 Å². The second kappa shape index (κ2) is 8.91. The zero-order valence-corrected chi connectivity index (χ0v) is 16.4. The second-order valence-electron chi connectivity index (χ2n) is 6.04. The molecule has 1 heterocycles. The number of benzene rings is 2. The van der Waals surface area contributed by atoms with Gasteiger partial charge in [0.05, 0.1) is 21.8 Å². The van der Waals surface area contributed by atoms with Crippen LogP contribution in [0.2, 0.25) is 0 Å². The van der Waals surface area contributed by atoms with Crippen LogP contribution in [0.1, 0.15) is 6.92 Å². The summed E-state index contributed by atoms with van der Waals surface area (Å²) in [5, 5.41) is 1.68. The number of alkyl halides is 2. The number of urea groups is 1. The molecule has 0 fully saturated rings. The van der Waals surface area contributed by atoms with Gasteiger partial charge < -0.3 is 10.5 Å². The molecule has 8 nitrogen and oxygen atoms in total. The van der Waals surface area contributed by atoms with Gasteiger partial charge in [-0.3, -0.25) is 19.5 Å². The van der Waals surface area contributed by atoms with E-state index in [4.69, 9.17) is 5.73 Å². The molecule has 3 aromatic rings. The molecule has 2 aromatic carbocycles. The molecule has 156 valence electrons. The number of hydrogen-bond acceptors (Lipinski definition) is 6. The predicted molar refractivity (Wildman–Crippen MR) is 107 cm³/mol. The summed E-state index contributed by atoms with van der Waals surface area (Å²) in [7, 11) is 0. The fourth-order valence-corrected chi connectivity index (χ4v) is 3.56. The van der Waals surface area contributed by atoms with Gasteiger partial charge in [0, 0.05) is 0 Å². The third-order valence-electron chi connectivity index (χ3n) is 3.96. The molecule has 0 unspecified atom stereocenters. The molecule has 0 spiro atoms. The summed E-state index contributed by atoms with van der Waals surface area (Å²) in [5.41, 5.74) is 5.32. The van der Waals surface area contributed by atoms with E-state index in [1.807, 2.05) is 5.32 Å². The maximum Gasteiger partial charge on any atom is 0.387 e. The van der Waals surface area contributed by atoms with Gasteiger partial charge in [-0.1, -0.05) is 23.9 Å². The van der Waals surface area contributed by atoms with Crippen LogP contribution in [0.15, 0.2) is 58.5 Å². The van der Waals surface area contributed by atoms with E-state index < -0.39 is 29.4 Å². The van der Waals surface area contributed by atoms with Crippen molar-refractivity contribution in [1.29, 1.82) is 0 Å². The van der Waals surface area contributed by atoms with E-state index in [1.54, 1.807) is 24.3 Å². The van der Waals surface area contributed by atoms with Gasteiger partial charge in [-0.05, 0) is 43.3 Å². The first-order valence-electron chi connectivity index (χ1n) is 8.60. The van der Waals surface area contributed by atoms with Crippen LogP contribution < -0.4 is 21.3 Å². The standard InChI is InChI=1S/C19H16F2N4O4S/c1-10(15(26)24-18(22)28)30-19-23-14-5-3-2-4-13(14)16(27)25(19)11-6-8-12(9-7-11)29-17(20)21/h2-10,17H,1H3,(H3,22,24,26,28)/t10-/m1/s1. The lowest BCUT2D eigenvalue weighted by atomic mass is 10.2. The number of amides is 3. The summed E-state index contributed by atoms with van der Waals surface area (Å²) in [6, 6.07) is 11.1. The van der Waals surface area contributed by atoms with Crippen molar-refractivity contribution in [1.82, 2.24) is 14.9 Å². The monoisotopic (exact) mass is 434 g/mol. The minimum absolute atomic E-state index is 0.0704. The molecule has 0 bridgehead atoms. The zero-order chi connectivity index (χ0) is 21.8. The number of nitrogens with two attached hydrogens (primary N) is 1. The van der Waals surface area contributed by atoms with Crippen LogP contribution in [0.3, 0.4) is 0 Å². The van der Waals surface area contributed by atoms with Gasteiger partial charge >= 0.3 is 12.6 Å². The number of rotatable bonds is 6. The molecule has 1 aromatic heterocycles. The van der Waals surface area contributed by atoms with Crippen molar-refractivity contribution in [3.63, 3.8) is 0 Å². The Bertz CT molecular complexity index is 1150.